The van der Waals surface area contributed by atoms with Gasteiger partial charge >= 0.3 is 0 Å². The lowest BCUT2D eigenvalue weighted by Crippen LogP contribution is -2.04. The number of nitrogens with one attached hydrogen (secondary N) is 1. The first-order valence-electron chi connectivity index (χ1n) is 6.44. The van der Waals surface area contributed by atoms with E-state index in [0.29, 0.717) is 23.4 Å². The van der Waals surface area contributed by atoms with E-state index < -0.39 is 0 Å². The minimum atomic E-state index is -0.141. The number of nitrogens with two attached hydrogens (primary N) is 1. The topological polar surface area (TPSA) is 47.3 Å². The molecule has 0 saturated carbocycles. The Morgan fingerprint density at radius 2 is 1.80 bits per heavy atom. The van der Waals surface area contributed by atoms with E-state index in [1.54, 1.807) is 27.0 Å². The van der Waals surface area contributed by atoms with E-state index in [9.17, 15) is 4.39 Å². The van der Waals surface area contributed by atoms with Crippen LogP contribution in [-0.2, 0) is 6.54 Å². The fraction of sp³-hybridized carbons (Fsp3) is 0.250. The van der Waals surface area contributed by atoms with Gasteiger partial charge in [-0.25, -0.2) is 4.39 Å². The summed E-state index contributed by atoms with van der Waals surface area (Å²) in [7, 11) is 1.60. The van der Waals surface area contributed by atoms with Gasteiger partial charge in [-0.05, 0) is 42.7 Å². The monoisotopic (exact) mass is 274 g/mol. The maximum atomic E-state index is 13.6. The van der Waals surface area contributed by atoms with E-state index in [4.69, 9.17) is 10.5 Å². The molecule has 3 N–H and O–H groups in total. The van der Waals surface area contributed by atoms with Gasteiger partial charge in [-0.2, -0.15) is 0 Å². The highest BCUT2D eigenvalue weighted by molar-refractivity contribution is 5.68. The van der Waals surface area contributed by atoms with Crippen molar-refractivity contribution in [2.24, 2.45) is 0 Å². The first-order valence-corrected chi connectivity index (χ1v) is 6.44. The quantitative estimate of drug-likeness (QED) is 0.837. The van der Waals surface area contributed by atoms with E-state index in [1.807, 2.05) is 24.3 Å². The van der Waals surface area contributed by atoms with Crippen molar-refractivity contribution in [1.29, 1.82) is 0 Å². The number of benzene rings is 2. The SMILES string of the molecule is COc1ccc(NCc2cc(C)c(F)c(C)c2)c(N)c1. The van der Waals surface area contributed by atoms with Crippen molar-refractivity contribution in [1.82, 2.24) is 0 Å². The molecule has 3 nitrogen and oxygen atoms in total. The second-order valence-electron chi connectivity index (χ2n) is 4.85. The number of ether oxygens (including phenoxy) is 1. The summed E-state index contributed by atoms with van der Waals surface area (Å²) in [5.41, 5.74) is 9.74. The van der Waals surface area contributed by atoms with Gasteiger partial charge in [-0.15, -0.1) is 0 Å². The lowest BCUT2D eigenvalue weighted by atomic mass is 10.1. The van der Waals surface area contributed by atoms with E-state index in [1.165, 1.54) is 0 Å². The van der Waals surface area contributed by atoms with Gasteiger partial charge < -0.3 is 15.8 Å². The average molecular weight is 274 g/mol. The highest BCUT2D eigenvalue weighted by atomic mass is 19.1. The van der Waals surface area contributed by atoms with Gasteiger partial charge in [0.05, 0.1) is 18.5 Å². The molecular weight excluding hydrogens is 255 g/mol. The van der Waals surface area contributed by atoms with E-state index in [0.717, 1.165) is 17.0 Å². The van der Waals surface area contributed by atoms with E-state index in [-0.39, 0.29) is 5.82 Å². The zero-order valence-electron chi connectivity index (χ0n) is 12.0. The van der Waals surface area contributed by atoms with Crippen LogP contribution >= 0.6 is 0 Å². The van der Waals surface area contributed by atoms with Crippen LogP contribution in [0.4, 0.5) is 15.8 Å². The maximum Gasteiger partial charge on any atom is 0.129 e. The van der Waals surface area contributed by atoms with Crippen molar-refractivity contribution in [3.63, 3.8) is 0 Å². The Morgan fingerprint density at radius 1 is 1.15 bits per heavy atom. The molecule has 20 heavy (non-hydrogen) atoms. The van der Waals surface area contributed by atoms with Crippen LogP contribution in [0.3, 0.4) is 0 Å². The summed E-state index contributed by atoms with van der Waals surface area (Å²) in [5.74, 6) is 0.583. The third-order valence-electron chi connectivity index (χ3n) is 3.24. The summed E-state index contributed by atoms with van der Waals surface area (Å²) < 4.78 is 18.7. The highest BCUT2D eigenvalue weighted by Gasteiger charge is 2.05. The summed E-state index contributed by atoms with van der Waals surface area (Å²) in [6.07, 6.45) is 0. The lowest BCUT2D eigenvalue weighted by molar-refractivity contribution is 0.415. The molecule has 0 aliphatic heterocycles. The molecule has 0 bridgehead atoms. The van der Waals surface area contributed by atoms with Crippen LogP contribution in [0.25, 0.3) is 0 Å². The molecule has 2 rings (SSSR count). The molecule has 0 atom stereocenters. The number of hydrogen-bond donors (Lipinski definition) is 2. The number of aryl methyl sites for hydroxylation is 2. The van der Waals surface area contributed by atoms with Gasteiger partial charge in [-0.3, -0.25) is 0 Å². The van der Waals surface area contributed by atoms with Crippen molar-refractivity contribution in [2.75, 3.05) is 18.2 Å². The van der Waals surface area contributed by atoms with Crippen LogP contribution in [0.1, 0.15) is 16.7 Å². The molecule has 0 radical (unpaired) electrons. The smallest absolute Gasteiger partial charge is 0.129 e. The number of hydrogen-bond acceptors (Lipinski definition) is 3. The largest absolute Gasteiger partial charge is 0.497 e. The molecule has 0 spiro atoms. The van der Waals surface area contributed by atoms with Crippen molar-refractivity contribution in [3.05, 3.63) is 52.8 Å². The second kappa shape index (κ2) is 5.82. The van der Waals surface area contributed by atoms with Gasteiger partial charge in [0.15, 0.2) is 0 Å². The number of halogens is 1. The molecule has 0 amide bonds. The van der Waals surface area contributed by atoms with Crippen LogP contribution in [-0.4, -0.2) is 7.11 Å². The zero-order chi connectivity index (χ0) is 14.7. The molecule has 0 aliphatic carbocycles. The molecule has 2 aromatic carbocycles. The van der Waals surface area contributed by atoms with Crippen LogP contribution in [0, 0.1) is 19.7 Å². The van der Waals surface area contributed by atoms with Crippen molar-refractivity contribution in [3.8, 4) is 5.75 Å². The second-order valence-corrected chi connectivity index (χ2v) is 4.85. The molecule has 106 valence electrons. The van der Waals surface area contributed by atoms with Crippen LogP contribution in [0.15, 0.2) is 30.3 Å². The van der Waals surface area contributed by atoms with Crippen LogP contribution in [0.5, 0.6) is 5.75 Å². The molecule has 0 unspecified atom stereocenters. The first-order chi connectivity index (χ1) is 9.51. The Bertz CT molecular complexity index is 603. The summed E-state index contributed by atoms with van der Waals surface area (Å²) in [5, 5.41) is 3.25. The number of nitrogen functional groups attached to an aromatic ring is 1. The molecule has 0 aliphatic rings. The van der Waals surface area contributed by atoms with E-state index >= 15 is 0 Å². The molecule has 0 aromatic heterocycles. The van der Waals surface area contributed by atoms with Gasteiger partial charge in [-0.1, -0.05) is 12.1 Å². The third kappa shape index (κ3) is 3.02. The molecular formula is C16H19FN2O. The number of methoxy groups -OCH3 is 1. The molecule has 0 fully saturated rings. The molecule has 0 saturated heterocycles. The zero-order valence-corrected chi connectivity index (χ0v) is 12.0. The van der Waals surface area contributed by atoms with E-state index in [2.05, 4.69) is 5.32 Å². The summed E-state index contributed by atoms with van der Waals surface area (Å²) in [6, 6.07) is 9.17. The summed E-state index contributed by atoms with van der Waals surface area (Å²) >= 11 is 0. The Labute approximate surface area is 118 Å². The fourth-order valence-corrected chi connectivity index (χ4v) is 2.16. The Morgan fingerprint density at radius 3 is 2.35 bits per heavy atom. The Balaban J connectivity index is 2.13. The normalized spacial score (nSPS) is 10.4. The predicted octanol–water partition coefficient (Wildman–Crippen LogP) is 3.65. The number of anilines is 2. The highest BCUT2D eigenvalue weighted by Crippen LogP contribution is 2.25. The Hall–Kier alpha value is -2.23. The predicted molar refractivity (Wildman–Crippen MR) is 80.6 cm³/mol. The van der Waals surface area contributed by atoms with Gasteiger partial charge in [0.2, 0.25) is 0 Å². The third-order valence-corrected chi connectivity index (χ3v) is 3.24. The standard InChI is InChI=1S/C16H19FN2O/c1-10-6-12(7-11(2)16(10)17)9-19-15-5-4-13(20-3)8-14(15)18/h4-8,19H,9,18H2,1-3H3. The molecule has 4 heteroatoms. The maximum absolute atomic E-state index is 13.6. The molecule has 2 aromatic rings. The van der Waals surface area contributed by atoms with Gasteiger partial charge in [0.1, 0.15) is 11.6 Å². The first kappa shape index (κ1) is 14.2. The van der Waals surface area contributed by atoms with Crippen molar-refractivity contribution in [2.45, 2.75) is 20.4 Å². The fourth-order valence-electron chi connectivity index (χ4n) is 2.16. The van der Waals surface area contributed by atoms with Crippen molar-refractivity contribution >= 4 is 11.4 Å². The minimum Gasteiger partial charge on any atom is -0.497 e. The van der Waals surface area contributed by atoms with Crippen molar-refractivity contribution < 1.29 is 9.13 Å². The lowest BCUT2D eigenvalue weighted by Gasteiger charge is -2.12. The minimum absolute atomic E-state index is 0.141. The van der Waals surface area contributed by atoms with Crippen LogP contribution in [0.2, 0.25) is 0 Å². The van der Waals surface area contributed by atoms with Gasteiger partial charge in [0.25, 0.3) is 0 Å². The molecule has 0 heterocycles. The Kier molecular flexibility index (Phi) is 4.13. The number of rotatable bonds is 4. The summed E-state index contributed by atoms with van der Waals surface area (Å²) in [4.78, 5) is 0. The van der Waals surface area contributed by atoms with Gasteiger partial charge in [0, 0.05) is 12.6 Å². The van der Waals surface area contributed by atoms with Crippen LogP contribution < -0.4 is 15.8 Å². The average Bonchev–Trinajstić information content (AvgIpc) is 2.43. The summed E-state index contributed by atoms with van der Waals surface area (Å²) in [6.45, 7) is 4.14.